The van der Waals surface area contributed by atoms with E-state index in [1.165, 1.54) is 14.7 Å². The zero-order valence-electron chi connectivity index (χ0n) is 35.1. The molecule has 2 N–H and O–H groups in total. The molecule has 68 heavy (non-hydrogen) atoms. The molecule has 0 bridgehead atoms. The van der Waals surface area contributed by atoms with Crippen LogP contribution in [-0.4, -0.2) is 212 Å². The molecule has 0 aromatic rings. The first-order chi connectivity index (χ1) is 30.2. The third kappa shape index (κ3) is 15.6. The van der Waals surface area contributed by atoms with E-state index in [-0.39, 0.29) is 105 Å². The third-order valence-electron chi connectivity index (χ3n) is 10.0. The van der Waals surface area contributed by atoms with Gasteiger partial charge >= 0.3 is 86.9 Å². The van der Waals surface area contributed by atoms with Crippen molar-refractivity contribution in [1.82, 2.24) is 29.2 Å². The van der Waals surface area contributed by atoms with Crippen molar-refractivity contribution < 1.29 is 163 Å². The van der Waals surface area contributed by atoms with Gasteiger partial charge in [-0.15, -0.1) is 0 Å². The molecule has 0 aliphatic carbocycles. The molecule has 1 saturated heterocycles. The molecule has 0 spiro atoms. The number of amides is 1. The zero-order valence-corrected chi connectivity index (χ0v) is 38.1. The Balaban J connectivity index is 0.0000449. The van der Waals surface area contributed by atoms with Gasteiger partial charge in [-0.1, -0.05) is 13.3 Å². The number of sulfonamides is 1. The quantitative estimate of drug-likeness (QED) is 0.0838. The van der Waals surface area contributed by atoms with Gasteiger partial charge in [-0.25, -0.2) is 8.42 Å². The Hall–Kier alpha value is -2.28. The summed E-state index contributed by atoms with van der Waals surface area (Å²) in [5.74, 6) is -57.5. The molecule has 1 aliphatic rings. The predicted octanol–water partition coefficient (Wildman–Crippen LogP) is -0.886. The van der Waals surface area contributed by atoms with Crippen LogP contribution >= 0.6 is 0 Å². The SMILES string of the molecule is CCN(CCCCCC(=O)NCC(O)CN1CCN(CC(=O)[O-])CCN(CC(=O)[O-])CCN(CC(=O)[O-])CC1)S(=O)(=O)C(F)(F)C(F)(F)C(F)(F)C(F)(F)C(F)(F)C(F)(F)C(F)(F)C(F)(F)F.[Gd+3]. The van der Waals surface area contributed by atoms with Crippen LogP contribution in [-0.2, 0) is 29.2 Å². The van der Waals surface area contributed by atoms with Crippen LogP contribution in [0.1, 0.15) is 32.6 Å². The number of carboxylic acids is 3. The van der Waals surface area contributed by atoms with Crippen LogP contribution < -0.4 is 20.6 Å². The van der Waals surface area contributed by atoms with E-state index in [2.05, 4.69) is 5.32 Å². The number of β-amino-alcohol motifs (C(OH)–C–C–N with tert-alkyl or cyclic N) is 1. The number of hydrogen-bond donors (Lipinski definition) is 2. The number of nitrogens with one attached hydrogen (secondary N) is 1. The number of aliphatic carboxylic acids is 3. The molecule has 1 fully saturated rings. The topological polar surface area (TPSA) is 220 Å². The second-order valence-corrected chi connectivity index (χ2v) is 17.0. The first-order valence-electron chi connectivity index (χ1n) is 19.3. The minimum absolute atomic E-state index is 0. The number of hydrogen-bond acceptors (Lipinski definition) is 14. The number of aliphatic hydroxyl groups is 1. The van der Waals surface area contributed by atoms with E-state index in [9.17, 15) is 123 Å². The molecule has 1 unspecified atom stereocenters. The summed E-state index contributed by atoms with van der Waals surface area (Å²) in [6.45, 7) is -4.60. The van der Waals surface area contributed by atoms with Crippen molar-refractivity contribution in [1.29, 1.82) is 0 Å². The van der Waals surface area contributed by atoms with Crippen LogP contribution in [0.25, 0.3) is 0 Å². The third-order valence-corrected chi connectivity index (χ3v) is 12.0. The largest absolute Gasteiger partial charge is 3.00 e. The Morgan fingerprint density at radius 1 is 0.574 bits per heavy atom. The molecular formula is C33H44F17GdN6O10S. The van der Waals surface area contributed by atoms with Gasteiger partial charge in [-0.2, -0.15) is 78.9 Å². The predicted molar refractivity (Wildman–Crippen MR) is 185 cm³/mol. The van der Waals surface area contributed by atoms with E-state index >= 15 is 0 Å². The number of nitrogens with zero attached hydrogens (tertiary/aromatic N) is 5. The maximum Gasteiger partial charge on any atom is 3.00 e. The van der Waals surface area contributed by atoms with E-state index in [0.29, 0.717) is 6.92 Å². The standard InChI is InChI=1S/C33H47F17N6O10S.Gd/c1-2-56(67(65,66)33(49,50)31(44,45)29(40,41)27(36,37)26(34,35)28(38,39)30(42,43)32(46,47)48)7-5-3-4-6-22(58)51-16-21(57)17-52-8-10-53(18-23(59)60)12-14-55(20-25(63)64)15-13-54(11-9-52)19-24(61)62;/h21,57H,2-20H2,1H3,(H,51,58)(H,59,60)(H,61,62)(H,63,64);/q;+3/p-3. The molecular weight excluding hydrogens is 1150 g/mol. The maximum atomic E-state index is 14.7. The minimum atomic E-state index is -8.96. The van der Waals surface area contributed by atoms with Crippen LogP contribution in [0.5, 0.6) is 0 Å². The van der Waals surface area contributed by atoms with Crippen LogP contribution in [0.4, 0.5) is 74.6 Å². The van der Waals surface area contributed by atoms with Crippen LogP contribution in [0.2, 0.25) is 0 Å². The number of alkyl halides is 17. The Kier molecular flexibility index (Phi) is 24.6. The number of aliphatic hydroxyl groups excluding tert-OH is 1. The summed E-state index contributed by atoms with van der Waals surface area (Å²) in [7, 11) is -7.47. The van der Waals surface area contributed by atoms with E-state index in [1.807, 2.05) is 0 Å². The van der Waals surface area contributed by atoms with Gasteiger partial charge in [0.15, 0.2) is 0 Å². The summed E-state index contributed by atoms with van der Waals surface area (Å²) < 4.78 is 257. The Labute approximate surface area is 407 Å². The van der Waals surface area contributed by atoms with Crippen molar-refractivity contribution in [2.24, 2.45) is 0 Å². The molecule has 1 aliphatic heterocycles. The van der Waals surface area contributed by atoms with Crippen molar-refractivity contribution in [3.05, 3.63) is 0 Å². The van der Waals surface area contributed by atoms with Gasteiger partial charge in [0, 0.05) is 105 Å². The van der Waals surface area contributed by atoms with Gasteiger partial charge in [0.25, 0.3) is 10.0 Å². The maximum absolute atomic E-state index is 14.7. The second-order valence-electron chi connectivity index (χ2n) is 15.0. The molecule has 399 valence electrons. The number of rotatable bonds is 25. The van der Waals surface area contributed by atoms with Crippen LogP contribution in [0.15, 0.2) is 0 Å². The Morgan fingerprint density at radius 2 is 0.912 bits per heavy atom. The number of unbranched alkanes of at least 4 members (excludes halogenated alkanes) is 2. The molecule has 16 nitrogen and oxygen atoms in total. The van der Waals surface area contributed by atoms with E-state index in [0.717, 1.165) is 0 Å². The zero-order chi connectivity index (χ0) is 52.4. The first-order valence-corrected chi connectivity index (χ1v) is 20.8. The van der Waals surface area contributed by atoms with Gasteiger partial charge in [-0.05, 0) is 12.8 Å². The van der Waals surface area contributed by atoms with E-state index in [1.54, 1.807) is 4.90 Å². The summed E-state index contributed by atoms with van der Waals surface area (Å²) in [6.07, 6.45) is -11.3. The summed E-state index contributed by atoms with van der Waals surface area (Å²) in [5, 5.41) is 39.1. The Bertz CT molecular complexity index is 1760. The van der Waals surface area contributed by atoms with Crippen LogP contribution in [0.3, 0.4) is 0 Å². The van der Waals surface area contributed by atoms with Gasteiger partial charge in [0.05, 0.1) is 24.0 Å². The minimum Gasteiger partial charge on any atom is -0.549 e. The van der Waals surface area contributed by atoms with Gasteiger partial charge in [-0.3, -0.25) is 24.4 Å². The van der Waals surface area contributed by atoms with Crippen molar-refractivity contribution in [3.63, 3.8) is 0 Å². The molecule has 0 saturated carbocycles. The fraction of sp³-hybridized carbons (Fsp3) is 0.879. The van der Waals surface area contributed by atoms with Gasteiger partial charge < -0.3 is 40.1 Å². The fourth-order valence-corrected chi connectivity index (χ4v) is 7.62. The average molecular weight is 1200 g/mol. The molecule has 0 aromatic heterocycles. The van der Waals surface area contributed by atoms with E-state index in [4.69, 9.17) is 0 Å². The second kappa shape index (κ2) is 25.4. The number of carbonyl (C=O) groups is 4. The van der Waals surface area contributed by atoms with Crippen molar-refractivity contribution in [2.75, 3.05) is 98.2 Å². The molecule has 1 atom stereocenters. The fourth-order valence-electron chi connectivity index (χ4n) is 6.14. The summed E-state index contributed by atoms with van der Waals surface area (Å²) in [6, 6.07) is 0. The number of halogens is 17. The summed E-state index contributed by atoms with van der Waals surface area (Å²) >= 11 is 0. The van der Waals surface area contributed by atoms with Gasteiger partial charge in [0.1, 0.15) is 0 Å². The monoisotopic (exact) mass is 1200 g/mol. The molecule has 0 aromatic carbocycles. The van der Waals surface area contributed by atoms with Crippen molar-refractivity contribution in [2.45, 2.75) is 85.7 Å². The van der Waals surface area contributed by atoms with Gasteiger partial charge in [0.2, 0.25) is 5.91 Å². The first kappa shape index (κ1) is 65.7. The molecule has 1 amide bonds. The molecule has 1 heterocycles. The summed E-state index contributed by atoms with van der Waals surface area (Å²) in [4.78, 5) is 52.0. The normalized spacial score (nSPS) is 17.8. The number of carboxylic acid groups (broad SMARTS) is 3. The summed E-state index contributed by atoms with van der Waals surface area (Å²) in [5.41, 5.74) is 0. The molecule has 1 radical (unpaired) electrons. The van der Waals surface area contributed by atoms with Crippen molar-refractivity contribution in [3.8, 4) is 0 Å². The average Bonchev–Trinajstić information content (AvgIpc) is 3.17. The molecule has 1 rings (SSSR count). The van der Waals surface area contributed by atoms with E-state index < -0.39 is 150 Å². The smallest absolute Gasteiger partial charge is 0.549 e. The molecule has 35 heteroatoms. The Morgan fingerprint density at radius 3 is 1.25 bits per heavy atom. The number of carbonyl (C=O) groups excluding carboxylic acids is 4. The van der Waals surface area contributed by atoms with Crippen LogP contribution in [0, 0.1) is 39.9 Å². The van der Waals surface area contributed by atoms with Crippen molar-refractivity contribution >= 4 is 33.8 Å².